The van der Waals surface area contributed by atoms with Crippen LogP contribution in [0.5, 0.6) is 0 Å². The molecule has 0 saturated carbocycles. The second-order valence-electron chi connectivity index (χ2n) is 7.68. The first-order chi connectivity index (χ1) is 11.6. The quantitative estimate of drug-likeness (QED) is 0.782. The Kier molecular flexibility index (Phi) is 6.38. The molecule has 0 radical (unpaired) electrons. The summed E-state index contributed by atoms with van der Waals surface area (Å²) in [5.74, 6) is -0.0896. The van der Waals surface area contributed by atoms with Gasteiger partial charge in [0.05, 0.1) is 16.5 Å². The molecule has 140 valence electrons. The summed E-state index contributed by atoms with van der Waals surface area (Å²) in [6.45, 7) is 7.49. The summed E-state index contributed by atoms with van der Waals surface area (Å²) >= 11 is 6.20. The van der Waals surface area contributed by atoms with Gasteiger partial charge in [0.1, 0.15) is 0 Å². The number of nitrogens with zero attached hydrogens (tertiary/aromatic N) is 1. The first kappa shape index (κ1) is 20.0. The average molecular weight is 387 g/mol. The van der Waals surface area contributed by atoms with Gasteiger partial charge < -0.3 is 5.32 Å². The minimum Gasteiger partial charge on any atom is -0.352 e. The molecule has 0 bridgehead atoms. The number of carbonyl (C=O) groups is 1. The van der Waals surface area contributed by atoms with Crippen molar-refractivity contribution in [2.45, 2.75) is 46.5 Å². The molecular formula is C18H27ClN2O3S. The third-order valence-electron chi connectivity index (χ3n) is 4.22. The van der Waals surface area contributed by atoms with Crippen LogP contribution in [0, 0.1) is 5.41 Å². The summed E-state index contributed by atoms with van der Waals surface area (Å²) < 4.78 is 25.9. The van der Waals surface area contributed by atoms with Gasteiger partial charge in [0.2, 0.25) is 10.0 Å². The largest absolute Gasteiger partial charge is 0.352 e. The predicted octanol–water partition coefficient (Wildman–Crippen LogP) is 3.83. The molecule has 1 saturated heterocycles. The Hall–Kier alpha value is -1.27. The highest BCUT2D eigenvalue weighted by Crippen LogP contribution is 2.31. The van der Waals surface area contributed by atoms with E-state index in [4.69, 9.17) is 11.6 Å². The van der Waals surface area contributed by atoms with E-state index in [1.165, 1.54) is 4.31 Å². The van der Waals surface area contributed by atoms with Crippen molar-refractivity contribution >= 4 is 33.2 Å². The second kappa shape index (κ2) is 7.96. The van der Waals surface area contributed by atoms with Gasteiger partial charge in [-0.1, -0.05) is 32.4 Å². The lowest BCUT2D eigenvalue weighted by Crippen LogP contribution is -2.38. The molecular weight excluding hydrogens is 360 g/mol. The highest BCUT2D eigenvalue weighted by atomic mass is 35.5. The van der Waals surface area contributed by atoms with Gasteiger partial charge in [-0.2, -0.15) is 0 Å². The van der Waals surface area contributed by atoms with E-state index in [0.29, 0.717) is 35.8 Å². The molecule has 1 aliphatic rings. The van der Waals surface area contributed by atoms with Gasteiger partial charge in [-0.3, -0.25) is 9.10 Å². The summed E-state index contributed by atoms with van der Waals surface area (Å²) in [5, 5.41) is 3.23. The normalized spacial score (nSPS) is 17.4. The van der Waals surface area contributed by atoms with E-state index in [1.54, 1.807) is 18.2 Å². The third-order valence-corrected chi connectivity index (χ3v) is 6.39. The molecule has 1 aromatic carbocycles. The first-order valence-electron chi connectivity index (χ1n) is 8.68. The summed E-state index contributed by atoms with van der Waals surface area (Å²) in [4.78, 5) is 12.4. The van der Waals surface area contributed by atoms with Gasteiger partial charge in [-0.05, 0) is 49.3 Å². The number of rotatable bonds is 5. The van der Waals surface area contributed by atoms with Gasteiger partial charge >= 0.3 is 0 Å². The van der Waals surface area contributed by atoms with Crippen molar-refractivity contribution in [1.29, 1.82) is 0 Å². The highest BCUT2D eigenvalue weighted by molar-refractivity contribution is 7.92. The Bertz CT molecular complexity index is 726. The maximum absolute atomic E-state index is 12.4. The molecule has 1 fully saturated rings. The van der Waals surface area contributed by atoms with Crippen LogP contribution in [0.2, 0.25) is 5.02 Å². The summed E-state index contributed by atoms with van der Waals surface area (Å²) in [7, 11) is -3.36. The zero-order valence-corrected chi connectivity index (χ0v) is 16.7. The summed E-state index contributed by atoms with van der Waals surface area (Å²) in [6.07, 6.45) is 3.37. The molecule has 0 atom stereocenters. The molecule has 1 aromatic rings. The van der Waals surface area contributed by atoms with E-state index in [1.807, 2.05) is 0 Å². The van der Waals surface area contributed by atoms with Crippen molar-refractivity contribution in [2.75, 3.05) is 23.1 Å². The van der Waals surface area contributed by atoms with Gasteiger partial charge in [-0.25, -0.2) is 8.42 Å². The minimum atomic E-state index is -3.36. The number of benzene rings is 1. The second-order valence-corrected chi connectivity index (χ2v) is 10.1. The van der Waals surface area contributed by atoms with Gasteiger partial charge in [0.15, 0.2) is 0 Å². The fourth-order valence-corrected chi connectivity index (χ4v) is 4.74. The zero-order valence-electron chi connectivity index (χ0n) is 15.1. The molecule has 1 aliphatic heterocycles. The topological polar surface area (TPSA) is 66.5 Å². The molecule has 0 unspecified atom stereocenters. The van der Waals surface area contributed by atoms with Crippen LogP contribution in [-0.4, -0.2) is 33.2 Å². The maximum atomic E-state index is 12.4. The lowest BCUT2D eigenvalue weighted by Gasteiger charge is -2.29. The molecule has 0 spiro atoms. The molecule has 0 aliphatic carbocycles. The highest BCUT2D eigenvalue weighted by Gasteiger charge is 2.28. The number of sulfonamides is 1. The number of hydrogen-bond donors (Lipinski definition) is 1. The number of anilines is 1. The van der Waals surface area contributed by atoms with E-state index in [9.17, 15) is 13.2 Å². The Morgan fingerprint density at radius 1 is 1.28 bits per heavy atom. The lowest BCUT2D eigenvalue weighted by molar-refractivity contribution is 0.0951. The number of nitrogens with one attached hydrogen (secondary N) is 1. The van der Waals surface area contributed by atoms with Crippen molar-refractivity contribution in [3.63, 3.8) is 0 Å². The number of halogens is 1. The molecule has 2 rings (SSSR count). The lowest BCUT2D eigenvalue weighted by atomic mass is 9.91. The van der Waals surface area contributed by atoms with Crippen LogP contribution in [0.25, 0.3) is 0 Å². The Balaban J connectivity index is 2.09. The van der Waals surface area contributed by atoms with E-state index in [0.717, 1.165) is 19.3 Å². The standard InChI is InChI=1S/C18H27ClN2O3S/c1-18(2,3)9-6-10-20-17(22)14-7-8-15(19)16(13-14)21-11-4-5-12-25(21,23)24/h7-8,13H,4-6,9-12H2,1-3H3,(H,20,22). The van der Waals surface area contributed by atoms with Crippen molar-refractivity contribution in [3.8, 4) is 0 Å². The third kappa shape index (κ3) is 5.61. The molecule has 1 amide bonds. The number of carbonyl (C=O) groups excluding carboxylic acids is 1. The number of hydrogen-bond acceptors (Lipinski definition) is 3. The van der Waals surface area contributed by atoms with Gasteiger partial charge in [0, 0.05) is 18.7 Å². The van der Waals surface area contributed by atoms with E-state index >= 15 is 0 Å². The van der Waals surface area contributed by atoms with Crippen molar-refractivity contribution < 1.29 is 13.2 Å². The minimum absolute atomic E-state index is 0.118. The smallest absolute Gasteiger partial charge is 0.251 e. The summed E-state index contributed by atoms with van der Waals surface area (Å²) in [5.41, 5.74) is 1.06. The Morgan fingerprint density at radius 3 is 2.64 bits per heavy atom. The monoisotopic (exact) mass is 386 g/mol. The van der Waals surface area contributed by atoms with E-state index in [2.05, 4.69) is 26.1 Å². The first-order valence-corrected chi connectivity index (χ1v) is 10.7. The average Bonchev–Trinajstić information content (AvgIpc) is 2.51. The van der Waals surface area contributed by atoms with Crippen molar-refractivity contribution in [2.24, 2.45) is 5.41 Å². The SMILES string of the molecule is CC(C)(C)CCCNC(=O)c1ccc(Cl)c(N2CCCCS2(=O)=O)c1. The van der Waals surface area contributed by atoms with Crippen LogP contribution >= 0.6 is 11.6 Å². The molecule has 1 heterocycles. The molecule has 1 N–H and O–H groups in total. The van der Waals surface area contributed by atoms with E-state index < -0.39 is 10.0 Å². The molecule has 7 heteroatoms. The Morgan fingerprint density at radius 2 is 2.00 bits per heavy atom. The van der Waals surface area contributed by atoms with Crippen LogP contribution in [-0.2, 0) is 10.0 Å². The zero-order chi connectivity index (χ0) is 18.7. The maximum Gasteiger partial charge on any atom is 0.251 e. The van der Waals surface area contributed by atoms with Crippen LogP contribution in [0.3, 0.4) is 0 Å². The van der Waals surface area contributed by atoms with Crippen LogP contribution in [0.1, 0.15) is 56.8 Å². The van der Waals surface area contributed by atoms with Crippen molar-refractivity contribution in [3.05, 3.63) is 28.8 Å². The van der Waals surface area contributed by atoms with Crippen molar-refractivity contribution in [1.82, 2.24) is 5.32 Å². The summed E-state index contributed by atoms with van der Waals surface area (Å²) in [6, 6.07) is 4.79. The van der Waals surface area contributed by atoms with Crippen LogP contribution in [0.4, 0.5) is 5.69 Å². The molecule has 5 nitrogen and oxygen atoms in total. The predicted molar refractivity (Wildman–Crippen MR) is 103 cm³/mol. The van der Waals surface area contributed by atoms with Crippen LogP contribution in [0.15, 0.2) is 18.2 Å². The number of amides is 1. The van der Waals surface area contributed by atoms with Crippen LogP contribution < -0.4 is 9.62 Å². The molecule has 25 heavy (non-hydrogen) atoms. The fraction of sp³-hybridized carbons (Fsp3) is 0.611. The fourth-order valence-electron chi connectivity index (χ4n) is 2.83. The van der Waals surface area contributed by atoms with E-state index in [-0.39, 0.29) is 17.1 Å². The van der Waals surface area contributed by atoms with Gasteiger partial charge in [0.25, 0.3) is 5.91 Å². The molecule has 0 aromatic heterocycles. The Labute approximate surface area is 155 Å². The van der Waals surface area contributed by atoms with Gasteiger partial charge in [-0.15, -0.1) is 0 Å².